The number of hydrogen-bond donors (Lipinski definition) is 3. The molecule has 3 N–H and O–H groups in total. The number of carbonyl (C=O) groups excluding carboxylic acids is 2. The van der Waals surface area contributed by atoms with E-state index in [1.165, 1.54) is 37.4 Å². The van der Waals surface area contributed by atoms with Crippen molar-refractivity contribution in [2.24, 2.45) is 11.3 Å². The predicted octanol–water partition coefficient (Wildman–Crippen LogP) is 5.23. The van der Waals surface area contributed by atoms with Crippen molar-refractivity contribution in [3.63, 3.8) is 0 Å². The van der Waals surface area contributed by atoms with Crippen LogP contribution >= 0.6 is 11.8 Å². The molecular formula is C39H49FN6O5S. The molecule has 4 aliphatic heterocycles. The lowest BCUT2D eigenvalue weighted by molar-refractivity contribution is -0.133. The first-order chi connectivity index (χ1) is 25.3. The summed E-state index contributed by atoms with van der Waals surface area (Å²) in [6.07, 6.45) is 9.97. The van der Waals surface area contributed by atoms with E-state index in [-0.39, 0.29) is 23.2 Å². The van der Waals surface area contributed by atoms with E-state index in [2.05, 4.69) is 42.5 Å². The fourth-order valence-electron chi connectivity index (χ4n) is 8.78. The van der Waals surface area contributed by atoms with E-state index in [4.69, 9.17) is 9.47 Å². The smallest absolute Gasteiger partial charge is 0.261 e. The number of rotatable bonds is 10. The van der Waals surface area contributed by atoms with Crippen LogP contribution in [0.1, 0.15) is 70.0 Å². The second kappa shape index (κ2) is 15.4. The average Bonchev–Trinajstić information content (AvgIpc) is 3.14. The second-order valence-corrected chi connectivity index (χ2v) is 16.8. The van der Waals surface area contributed by atoms with Crippen molar-refractivity contribution in [2.75, 3.05) is 56.2 Å². The Morgan fingerprint density at radius 2 is 1.73 bits per heavy atom. The van der Waals surface area contributed by atoms with Gasteiger partial charge in [-0.2, -0.15) is 11.8 Å². The number of aromatic nitrogens is 2. The number of fused-ring (bicyclic) bond motifs is 1. The number of halogens is 1. The van der Waals surface area contributed by atoms with Crippen LogP contribution in [0.25, 0.3) is 10.9 Å². The molecule has 278 valence electrons. The Morgan fingerprint density at radius 1 is 0.981 bits per heavy atom. The summed E-state index contributed by atoms with van der Waals surface area (Å²) in [5.41, 5.74) is 2.42. The zero-order valence-corrected chi connectivity index (χ0v) is 30.5. The number of H-pyrrole nitrogens is 1. The Hall–Kier alpha value is -3.68. The lowest BCUT2D eigenvalue weighted by Gasteiger charge is -2.55. The number of piperidine rings is 2. The molecule has 1 spiro atoms. The molecule has 4 saturated heterocycles. The number of anilines is 2. The third-order valence-corrected chi connectivity index (χ3v) is 13.3. The fourth-order valence-corrected chi connectivity index (χ4v) is 9.84. The van der Waals surface area contributed by atoms with Crippen LogP contribution in [0.5, 0.6) is 5.75 Å². The van der Waals surface area contributed by atoms with Crippen LogP contribution in [0.15, 0.2) is 41.2 Å². The highest BCUT2D eigenvalue weighted by molar-refractivity contribution is 7.99. The monoisotopic (exact) mass is 732 g/mol. The van der Waals surface area contributed by atoms with Crippen molar-refractivity contribution < 1.29 is 23.5 Å². The molecule has 5 heterocycles. The molecule has 5 aliphatic rings. The number of nitrogens with one attached hydrogen (secondary N) is 3. The largest absolute Gasteiger partial charge is 0.493 e. The van der Waals surface area contributed by atoms with E-state index >= 15 is 4.39 Å². The summed E-state index contributed by atoms with van der Waals surface area (Å²) in [5.74, 6) is 0.931. The van der Waals surface area contributed by atoms with Gasteiger partial charge >= 0.3 is 0 Å². The highest BCUT2D eigenvalue weighted by atomic mass is 32.2. The van der Waals surface area contributed by atoms with Gasteiger partial charge in [-0.3, -0.25) is 19.7 Å². The highest BCUT2D eigenvalue weighted by Crippen LogP contribution is 2.47. The zero-order chi connectivity index (χ0) is 35.7. The molecule has 1 aliphatic carbocycles. The van der Waals surface area contributed by atoms with Crippen LogP contribution in [-0.4, -0.2) is 90.0 Å². The average molecular weight is 733 g/mol. The number of hydrogen-bond acceptors (Lipinski definition) is 10. The molecular weight excluding hydrogens is 684 g/mol. The van der Waals surface area contributed by atoms with E-state index in [0.717, 1.165) is 70.8 Å². The molecule has 11 nitrogen and oxygen atoms in total. The van der Waals surface area contributed by atoms with Crippen LogP contribution in [0.3, 0.4) is 0 Å². The van der Waals surface area contributed by atoms with Gasteiger partial charge in [0.15, 0.2) is 0 Å². The van der Waals surface area contributed by atoms with E-state index in [0.29, 0.717) is 64.9 Å². The Balaban J connectivity index is 0.767. The molecule has 3 aromatic rings. The molecule has 8 rings (SSSR count). The van der Waals surface area contributed by atoms with Crippen molar-refractivity contribution in [1.82, 2.24) is 20.2 Å². The summed E-state index contributed by atoms with van der Waals surface area (Å²) >= 11 is 1.76. The van der Waals surface area contributed by atoms with E-state index in [9.17, 15) is 14.4 Å². The van der Waals surface area contributed by atoms with Gasteiger partial charge in [0.25, 0.3) is 5.56 Å². The molecule has 0 bridgehead atoms. The number of ether oxygens (including phenoxy) is 2. The van der Waals surface area contributed by atoms with Gasteiger partial charge in [0.05, 0.1) is 17.9 Å². The second-order valence-electron chi connectivity index (χ2n) is 15.5. The molecule has 52 heavy (non-hydrogen) atoms. The molecule has 2 amide bonds. The van der Waals surface area contributed by atoms with Crippen molar-refractivity contribution in [2.45, 2.75) is 87.3 Å². The number of nitrogens with zero attached hydrogens (tertiary/aromatic N) is 3. The Bertz CT molecular complexity index is 1810. The summed E-state index contributed by atoms with van der Waals surface area (Å²) in [7, 11) is 0. The van der Waals surface area contributed by atoms with Crippen LogP contribution in [0.2, 0.25) is 0 Å². The minimum atomic E-state index is -0.596. The van der Waals surface area contributed by atoms with Crippen LogP contribution in [0.4, 0.5) is 15.8 Å². The van der Waals surface area contributed by atoms with Crippen molar-refractivity contribution in [1.29, 1.82) is 0 Å². The van der Waals surface area contributed by atoms with Gasteiger partial charge in [0.1, 0.15) is 28.8 Å². The van der Waals surface area contributed by atoms with Crippen molar-refractivity contribution >= 4 is 45.9 Å². The Morgan fingerprint density at radius 3 is 2.46 bits per heavy atom. The predicted molar refractivity (Wildman–Crippen MR) is 200 cm³/mol. The molecule has 1 saturated carbocycles. The topological polar surface area (TPSA) is 129 Å². The number of likely N-dealkylation sites (tertiary alicyclic amines) is 1. The normalized spacial score (nSPS) is 23.5. The number of amides is 2. The van der Waals surface area contributed by atoms with Crippen LogP contribution in [-0.2, 0) is 20.1 Å². The standard InChI is InChI=1S/C39H49FN6O5S/c40-31-19-29(20-33-36(31)38(49)43-34(42-33)22-52-30-11-17-50-18-12-30)51-21-25-9-15-45(16-10-25)28-7-13-39(14-8-28)23-46(24-39)27-3-1-26(2-4-27)41-32-5-6-35(47)44-37(32)48/h1-4,19-20,25,28,30,32,41H,5-18,21-24H2,(H,42,43,49)(H,44,47,48). The van der Waals surface area contributed by atoms with Crippen molar-refractivity contribution in [3.8, 4) is 5.75 Å². The number of imide groups is 1. The van der Waals surface area contributed by atoms with Gasteiger partial charge in [-0.25, -0.2) is 9.37 Å². The lowest BCUT2D eigenvalue weighted by Crippen LogP contribution is -2.59. The van der Waals surface area contributed by atoms with Gasteiger partial charge < -0.3 is 29.6 Å². The third kappa shape index (κ3) is 7.96. The molecule has 0 radical (unpaired) electrons. The summed E-state index contributed by atoms with van der Waals surface area (Å²) in [5, 5.41) is 6.13. The molecule has 5 fully saturated rings. The van der Waals surface area contributed by atoms with Gasteiger partial charge in [-0.1, -0.05) is 0 Å². The van der Waals surface area contributed by atoms with E-state index in [1.807, 2.05) is 12.1 Å². The SMILES string of the molecule is O=C1CCC(Nc2ccc(N3CC4(CCC(N5CCC(COc6cc(F)c7c(=O)[nH]c(CSC8CCOCC8)nc7c6)CC5)CC4)C3)cc2)C(=O)N1. The molecule has 1 unspecified atom stereocenters. The number of thioether (sulfide) groups is 1. The van der Waals surface area contributed by atoms with Crippen molar-refractivity contribution in [3.05, 3.63) is 58.4 Å². The Kier molecular flexibility index (Phi) is 10.4. The molecule has 2 aromatic carbocycles. The van der Waals surface area contributed by atoms with E-state index in [1.54, 1.807) is 17.8 Å². The summed E-state index contributed by atoms with van der Waals surface area (Å²) < 4.78 is 26.6. The first-order valence-electron chi connectivity index (χ1n) is 19.0. The maximum absolute atomic E-state index is 15.0. The van der Waals surface area contributed by atoms with Gasteiger partial charge in [0.2, 0.25) is 11.8 Å². The molecule has 1 aromatic heterocycles. The first-order valence-corrected chi connectivity index (χ1v) is 20.1. The lowest BCUT2D eigenvalue weighted by atomic mass is 9.67. The van der Waals surface area contributed by atoms with Gasteiger partial charge in [-0.05, 0) is 101 Å². The minimum absolute atomic E-state index is 0.0143. The summed E-state index contributed by atoms with van der Waals surface area (Å²) in [6.45, 7) is 6.37. The molecule has 13 heteroatoms. The van der Waals surface area contributed by atoms with Gasteiger partial charge in [0, 0.05) is 72.9 Å². The number of carbonyl (C=O) groups is 2. The fraction of sp³-hybridized carbons (Fsp3) is 0.590. The third-order valence-electron chi connectivity index (χ3n) is 11.9. The highest BCUT2D eigenvalue weighted by Gasteiger charge is 2.46. The first kappa shape index (κ1) is 35.4. The van der Waals surface area contributed by atoms with Crippen LogP contribution in [0, 0.1) is 17.2 Å². The minimum Gasteiger partial charge on any atom is -0.493 e. The zero-order valence-electron chi connectivity index (χ0n) is 29.7. The number of benzene rings is 2. The summed E-state index contributed by atoms with van der Waals surface area (Å²) in [6, 6.07) is 11.6. The quantitative estimate of drug-likeness (QED) is 0.239. The van der Waals surface area contributed by atoms with E-state index < -0.39 is 11.4 Å². The van der Waals surface area contributed by atoms with Gasteiger partial charge in [-0.15, -0.1) is 0 Å². The van der Waals surface area contributed by atoms with Crippen LogP contribution < -0.4 is 25.8 Å². The maximum Gasteiger partial charge on any atom is 0.261 e. The molecule has 1 atom stereocenters. The maximum atomic E-state index is 15.0. The Labute approximate surface area is 307 Å². The number of aromatic amines is 1. The summed E-state index contributed by atoms with van der Waals surface area (Å²) in [4.78, 5) is 48.8.